The summed E-state index contributed by atoms with van der Waals surface area (Å²) in [4.78, 5) is 14.0. The van der Waals surface area contributed by atoms with Gasteiger partial charge in [-0.25, -0.2) is 0 Å². The van der Waals surface area contributed by atoms with Gasteiger partial charge < -0.3 is 5.73 Å². The number of likely N-dealkylation sites (tertiary alicyclic amines) is 1. The number of hydrogen-bond donors (Lipinski definition) is 1. The molecule has 1 amide bonds. The van der Waals surface area contributed by atoms with Gasteiger partial charge in [0.1, 0.15) is 0 Å². The summed E-state index contributed by atoms with van der Waals surface area (Å²) < 4.78 is 0. The second-order valence-electron chi connectivity index (χ2n) is 6.36. The SMILES string of the molecule is NC(=O)c1ccccc1/C=C/c1ccc(CN2CCCCC2)cc1. The average molecular weight is 320 g/mol. The molecule has 0 radical (unpaired) electrons. The van der Waals surface area contributed by atoms with Crippen LogP contribution in [0.4, 0.5) is 0 Å². The van der Waals surface area contributed by atoms with Gasteiger partial charge in [0.25, 0.3) is 0 Å². The number of piperidine rings is 1. The van der Waals surface area contributed by atoms with Crippen LogP contribution in [0.3, 0.4) is 0 Å². The van der Waals surface area contributed by atoms with Crippen molar-refractivity contribution in [2.24, 2.45) is 5.73 Å². The zero-order valence-corrected chi connectivity index (χ0v) is 13.9. The molecule has 24 heavy (non-hydrogen) atoms. The Hall–Kier alpha value is -2.39. The smallest absolute Gasteiger partial charge is 0.249 e. The van der Waals surface area contributed by atoms with Crippen molar-refractivity contribution < 1.29 is 4.79 Å². The second kappa shape index (κ2) is 7.93. The first-order valence-corrected chi connectivity index (χ1v) is 8.60. The van der Waals surface area contributed by atoms with Gasteiger partial charge in [0.05, 0.1) is 0 Å². The van der Waals surface area contributed by atoms with E-state index < -0.39 is 5.91 Å². The molecule has 2 aromatic rings. The van der Waals surface area contributed by atoms with Crippen molar-refractivity contribution in [3.05, 3.63) is 70.8 Å². The highest BCUT2D eigenvalue weighted by Crippen LogP contribution is 2.16. The fraction of sp³-hybridized carbons (Fsp3) is 0.286. The number of rotatable bonds is 5. The Bertz CT molecular complexity index is 713. The summed E-state index contributed by atoms with van der Waals surface area (Å²) in [5.41, 5.74) is 9.29. The van der Waals surface area contributed by atoms with Gasteiger partial charge in [-0.2, -0.15) is 0 Å². The minimum atomic E-state index is -0.396. The highest BCUT2D eigenvalue weighted by molar-refractivity contribution is 5.97. The molecule has 1 heterocycles. The van der Waals surface area contributed by atoms with Gasteiger partial charge in [0.15, 0.2) is 0 Å². The molecule has 2 aromatic carbocycles. The van der Waals surface area contributed by atoms with Crippen LogP contribution in [0.5, 0.6) is 0 Å². The predicted octanol–water partition coefficient (Wildman–Crippen LogP) is 3.94. The number of nitrogens with two attached hydrogens (primary N) is 1. The average Bonchev–Trinajstić information content (AvgIpc) is 2.62. The van der Waals surface area contributed by atoms with Crippen molar-refractivity contribution in [1.29, 1.82) is 0 Å². The molecule has 3 nitrogen and oxygen atoms in total. The van der Waals surface area contributed by atoms with E-state index in [9.17, 15) is 4.79 Å². The first-order valence-electron chi connectivity index (χ1n) is 8.60. The number of nitrogens with zero attached hydrogens (tertiary/aromatic N) is 1. The van der Waals surface area contributed by atoms with E-state index in [1.165, 1.54) is 37.9 Å². The largest absolute Gasteiger partial charge is 0.366 e. The summed E-state index contributed by atoms with van der Waals surface area (Å²) in [6.45, 7) is 3.46. The molecule has 3 rings (SSSR count). The molecule has 1 saturated heterocycles. The first-order chi connectivity index (χ1) is 11.7. The predicted molar refractivity (Wildman–Crippen MR) is 99.5 cm³/mol. The lowest BCUT2D eigenvalue weighted by Crippen LogP contribution is -2.28. The quantitative estimate of drug-likeness (QED) is 0.848. The Morgan fingerprint density at radius 2 is 1.67 bits per heavy atom. The summed E-state index contributed by atoms with van der Waals surface area (Å²) in [5.74, 6) is -0.396. The Morgan fingerprint density at radius 3 is 2.38 bits per heavy atom. The van der Waals surface area contributed by atoms with E-state index in [1.54, 1.807) is 6.07 Å². The minimum Gasteiger partial charge on any atom is -0.366 e. The Labute approximate surface area is 143 Å². The van der Waals surface area contributed by atoms with E-state index in [4.69, 9.17) is 5.73 Å². The zero-order chi connectivity index (χ0) is 16.8. The zero-order valence-electron chi connectivity index (χ0n) is 13.9. The van der Waals surface area contributed by atoms with Crippen LogP contribution in [0.15, 0.2) is 48.5 Å². The van der Waals surface area contributed by atoms with Crippen LogP contribution in [-0.4, -0.2) is 23.9 Å². The summed E-state index contributed by atoms with van der Waals surface area (Å²) in [5, 5.41) is 0. The summed E-state index contributed by atoms with van der Waals surface area (Å²) in [7, 11) is 0. The highest BCUT2D eigenvalue weighted by atomic mass is 16.1. The Morgan fingerprint density at radius 1 is 0.958 bits per heavy atom. The molecular weight excluding hydrogens is 296 g/mol. The third kappa shape index (κ3) is 4.33. The molecule has 124 valence electrons. The maximum atomic E-state index is 11.5. The molecule has 0 aromatic heterocycles. The van der Waals surface area contributed by atoms with Crippen LogP contribution < -0.4 is 5.73 Å². The molecule has 0 bridgehead atoms. The molecular formula is C21H24N2O. The first kappa shape index (κ1) is 16.5. The van der Waals surface area contributed by atoms with Gasteiger partial charge in [0.2, 0.25) is 5.91 Å². The minimum absolute atomic E-state index is 0.396. The van der Waals surface area contributed by atoms with E-state index in [-0.39, 0.29) is 0 Å². The van der Waals surface area contributed by atoms with Crippen LogP contribution in [0.25, 0.3) is 12.2 Å². The number of hydrogen-bond acceptors (Lipinski definition) is 2. The monoisotopic (exact) mass is 320 g/mol. The Balaban J connectivity index is 1.66. The Kier molecular flexibility index (Phi) is 5.44. The lowest BCUT2D eigenvalue weighted by atomic mass is 10.0. The third-order valence-electron chi connectivity index (χ3n) is 4.52. The molecule has 0 spiro atoms. The standard InChI is InChI=1S/C21H24N2O/c22-21(24)20-7-3-2-6-19(20)13-12-17-8-10-18(11-9-17)16-23-14-4-1-5-15-23/h2-3,6-13H,1,4-5,14-16H2,(H2,22,24)/b13-12+. The van der Waals surface area contributed by atoms with Crippen LogP contribution in [0.1, 0.15) is 46.3 Å². The lowest BCUT2D eigenvalue weighted by Gasteiger charge is -2.26. The number of carbonyl (C=O) groups excluding carboxylic acids is 1. The number of carbonyl (C=O) groups is 1. The molecule has 1 fully saturated rings. The normalized spacial score (nSPS) is 15.7. The van der Waals surface area contributed by atoms with Gasteiger partial charge >= 0.3 is 0 Å². The van der Waals surface area contributed by atoms with Gasteiger partial charge in [-0.15, -0.1) is 0 Å². The van der Waals surface area contributed by atoms with Crippen molar-refractivity contribution in [3.8, 4) is 0 Å². The fourth-order valence-electron chi connectivity index (χ4n) is 3.16. The van der Waals surface area contributed by atoms with E-state index in [0.29, 0.717) is 5.56 Å². The summed E-state index contributed by atoms with van der Waals surface area (Å²) >= 11 is 0. The van der Waals surface area contributed by atoms with E-state index in [2.05, 4.69) is 29.2 Å². The third-order valence-corrected chi connectivity index (χ3v) is 4.52. The van der Waals surface area contributed by atoms with Gasteiger partial charge in [-0.05, 0) is 48.7 Å². The summed E-state index contributed by atoms with van der Waals surface area (Å²) in [6, 6.07) is 16.0. The van der Waals surface area contributed by atoms with Crippen molar-refractivity contribution in [3.63, 3.8) is 0 Å². The fourth-order valence-corrected chi connectivity index (χ4v) is 3.16. The van der Waals surface area contributed by atoms with Crippen molar-refractivity contribution in [2.75, 3.05) is 13.1 Å². The van der Waals surface area contributed by atoms with Crippen LogP contribution in [0, 0.1) is 0 Å². The van der Waals surface area contributed by atoms with Gasteiger partial charge in [-0.3, -0.25) is 9.69 Å². The van der Waals surface area contributed by atoms with Gasteiger partial charge in [-0.1, -0.05) is 61.0 Å². The molecule has 0 saturated carbocycles. The number of benzene rings is 2. The maximum absolute atomic E-state index is 11.5. The van der Waals surface area contributed by atoms with Crippen molar-refractivity contribution in [2.45, 2.75) is 25.8 Å². The van der Waals surface area contributed by atoms with Crippen LogP contribution >= 0.6 is 0 Å². The maximum Gasteiger partial charge on any atom is 0.249 e. The molecule has 0 aliphatic carbocycles. The van der Waals surface area contributed by atoms with Crippen molar-refractivity contribution >= 4 is 18.1 Å². The van der Waals surface area contributed by atoms with E-state index >= 15 is 0 Å². The highest BCUT2D eigenvalue weighted by Gasteiger charge is 2.10. The molecule has 1 aliphatic heterocycles. The van der Waals surface area contributed by atoms with Crippen LogP contribution in [-0.2, 0) is 6.54 Å². The molecule has 2 N–H and O–H groups in total. The van der Waals surface area contributed by atoms with E-state index in [1.807, 2.05) is 30.4 Å². The summed E-state index contributed by atoms with van der Waals surface area (Å²) in [6.07, 6.45) is 7.97. The van der Waals surface area contributed by atoms with Crippen molar-refractivity contribution in [1.82, 2.24) is 4.90 Å². The number of primary amides is 1. The second-order valence-corrected chi connectivity index (χ2v) is 6.36. The molecule has 3 heteroatoms. The topological polar surface area (TPSA) is 46.3 Å². The van der Waals surface area contributed by atoms with Crippen LogP contribution in [0.2, 0.25) is 0 Å². The lowest BCUT2D eigenvalue weighted by molar-refractivity contribution is 0.1000. The molecule has 0 atom stereocenters. The molecule has 0 unspecified atom stereocenters. The van der Waals surface area contributed by atoms with Gasteiger partial charge in [0, 0.05) is 12.1 Å². The molecule has 1 aliphatic rings. The van der Waals surface area contributed by atoms with E-state index in [0.717, 1.165) is 17.7 Å². The number of amides is 1.